The molecule has 0 radical (unpaired) electrons. The summed E-state index contributed by atoms with van der Waals surface area (Å²) < 4.78 is 0. The Morgan fingerprint density at radius 2 is 2.28 bits per heavy atom. The number of carboxylic acids is 1. The minimum absolute atomic E-state index is 0.0175. The summed E-state index contributed by atoms with van der Waals surface area (Å²) in [6.45, 7) is 5.66. The van der Waals surface area contributed by atoms with Crippen LogP contribution >= 0.6 is 11.3 Å². The number of nitrogens with zero attached hydrogens (tertiary/aromatic N) is 2. The lowest BCUT2D eigenvalue weighted by molar-refractivity contribution is -0.142. The minimum atomic E-state index is -0.927. The summed E-state index contributed by atoms with van der Waals surface area (Å²) in [4.78, 5) is 29.3. The predicted molar refractivity (Wildman–Crippen MR) is 67.3 cm³/mol. The first-order valence-electron chi connectivity index (χ1n) is 5.87. The Morgan fingerprint density at radius 3 is 2.72 bits per heavy atom. The van der Waals surface area contributed by atoms with Gasteiger partial charge in [-0.25, -0.2) is 4.98 Å². The number of carbonyl (C=O) groups is 2. The van der Waals surface area contributed by atoms with Gasteiger partial charge in [-0.3, -0.25) is 9.59 Å². The Kier molecular flexibility index (Phi) is 3.38. The van der Waals surface area contributed by atoms with Gasteiger partial charge in [-0.1, -0.05) is 0 Å². The van der Waals surface area contributed by atoms with Crippen molar-refractivity contribution in [3.8, 4) is 0 Å². The molecule has 5 nitrogen and oxygen atoms in total. The van der Waals surface area contributed by atoms with Gasteiger partial charge < -0.3 is 10.0 Å². The van der Waals surface area contributed by atoms with Crippen LogP contribution in [-0.4, -0.2) is 32.9 Å². The quantitative estimate of drug-likeness (QED) is 0.908. The number of likely N-dealkylation sites (tertiary alicyclic amines) is 1. The van der Waals surface area contributed by atoms with Crippen LogP contribution in [0.15, 0.2) is 5.38 Å². The number of hydrogen-bond donors (Lipinski definition) is 1. The molecule has 0 bridgehead atoms. The summed E-state index contributed by atoms with van der Waals surface area (Å²) in [6, 6.07) is -0.440. The molecule has 1 aliphatic rings. The van der Waals surface area contributed by atoms with E-state index in [0.717, 1.165) is 10.7 Å². The number of aromatic nitrogens is 1. The van der Waals surface area contributed by atoms with Crippen LogP contribution in [-0.2, 0) is 9.59 Å². The summed E-state index contributed by atoms with van der Waals surface area (Å²) in [7, 11) is 0. The van der Waals surface area contributed by atoms with Crippen LogP contribution in [0.2, 0.25) is 0 Å². The Balaban J connectivity index is 2.42. The lowest BCUT2D eigenvalue weighted by Crippen LogP contribution is -2.36. The summed E-state index contributed by atoms with van der Waals surface area (Å²) in [5.74, 6) is -1.72. The second-order valence-electron chi connectivity index (χ2n) is 4.82. The molecule has 0 aromatic carbocycles. The molecular weight excluding hydrogens is 252 g/mol. The molecule has 0 aliphatic carbocycles. The number of hydrogen-bond acceptors (Lipinski definition) is 4. The molecule has 1 aromatic rings. The number of thiazole rings is 1. The zero-order chi connectivity index (χ0) is 13.4. The molecule has 2 heterocycles. The molecule has 2 unspecified atom stereocenters. The molecule has 2 atom stereocenters. The molecule has 1 aromatic heterocycles. The zero-order valence-electron chi connectivity index (χ0n) is 10.6. The highest BCUT2D eigenvalue weighted by Crippen LogP contribution is 2.40. The third kappa shape index (κ3) is 2.12. The van der Waals surface area contributed by atoms with E-state index in [1.54, 1.807) is 4.90 Å². The van der Waals surface area contributed by atoms with Crippen LogP contribution in [0.1, 0.15) is 37.0 Å². The summed E-state index contributed by atoms with van der Waals surface area (Å²) in [6.07, 6.45) is 0.0663. The van der Waals surface area contributed by atoms with Crippen LogP contribution in [0.3, 0.4) is 0 Å². The van der Waals surface area contributed by atoms with Gasteiger partial charge in [0.2, 0.25) is 5.91 Å². The van der Waals surface area contributed by atoms with E-state index in [-0.39, 0.29) is 18.4 Å². The number of aryl methyl sites for hydroxylation is 1. The van der Waals surface area contributed by atoms with E-state index >= 15 is 0 Å². The first-order valence-corrected chi connectivity index (χ1v) is 6.75. The second kappa shape index (κ2) is 4.68. The Morgan fingerprint density at radius 1 is 1.61 bits per heavy atom. The van der Waals surface area contributed by atoms with Gasteiger partial charge in [0.05, 0.1) is 12.0 Å². The number of amides is 1. The molecular formula is C12H16N2O3S. The van der Waals surface area contributed by atoms with Crippen LogP contribution in [0.5, 0.6) is 0 Å². The number of carbonyl (C=O) groups excluding carboxylic acids is 1. The zero-order valence-corrected chi connectivity index (χ0v) is 11.4. The van der Waals surface area contributed by atoms with Gasteiger partial charge in [0, 0.05) is 23.5 Å². The summed E-state index contributed by atoms with van der Waals surface area (Å²) >= 11 is 1.42. The van der Waals surface area contributed by atoms with Gasteiger partial charge in [0.25, 0.3) is 0 Å². The molecule has 1 saturated heterocycles. The number of rotatable bonds is 3. The molecule has 0 spiro atoms. The maximum absolute atomic E-state index is 12.0. The SMILES string of the molecule is Cc1csc(C2C(C(=O)O)CC(=O)N2C(C)C)n1. The molecule has 1 N–H and O–H groups in total. The number of carboxylic acid groups (broad SMARTS) is 1. The van der Waals surface area contributed by atoms with Crippen LogP contribution in [0.25, 0.3) is 0 Å². The van der Waals surface area contributed by atoms with Gasteiger partial charge in [0.1, 0.15) is 5.01 Å². The van der Waals surface area contributed by atoms with Gasteiger partial charge >= 0.3 is 5.97 Å². The van der Waals surface area contributed by atoms with E-state index in [1.165, 1.54) is 11.3 Å². The molecule has 6 heteroatoms. The summed E-state index contributed by atoms with van der Waals surface area (Å²) in [5, 5.41) is 11.9. The molecule has 1 aliphatic heterocycles. The van der Waals surface area contributed by atoms with Gasteiger partial charge in [0.15, 0.2) is 0 Å². The van der Waals surface area contributed by atoms with E-state index < -0.39 is 17.9 Å². The largest absolute Gasteiger partial charge is 0.481 e. The molecule has 18 heavy (non-hydrogen) atoms. The maximum Gasteiger partial charge on any atom is 0.309 e. The lowest BCUT2D eigenvalue weighted by Gasteiger charge is -2.28. The van der Waals surface area contributed by atoms with Gasteiger partial charge in [-0.2, -0.15) is 0 Å². The number of aliphatic carboxylic acids is 1. The third-order valence-electron chi connectivity index (χ3n) is 3.13. The fraction of sp³-hybridized carbons (Fsp3) is 0.583. The fourth-order valence-corrected chi connectivity index (χ4v) is 3.34. The Labute approximate surface area is 109 Å². The van der Waals surface area contributed by atoms with E-state index in [1.807, 2.05) is 26.2 Å². The molecule has 2 rings (SSSR count). The monoisotopic (exact) mass is 268 g/mol. The molecule has 1 fully saturated rings. The average molecular weight is 268 g/mol. The highest BCUT2D eigenvalue weighted by molar-refractivity contribution is 7.09. The fourth-order valence-electron chi connectivity index (χ4n) is 2.38. The van der Waals surface area contributed by atoms with Crippen molar-refractivity contribution < 1.29 is 14.7 Å². The molecule has 98 valence electrons. The molecule has 0 saturated carbocycles. The first-order chi connectivity index (χ1) is 8.41. The van der Waals surface area contributed by atoms with Crippen molar-refractivity contribution in [2.24, 2.45) is 5.92 Å². The highest BCUT2D eigenvalue weighted by Gasteiger charge is 2.46. The predicted octanol–water partition coefficient (Wildman–Crippen LogP) is 1.83. The van der Waals surface area contributed by atoms with Crippen molar-refractivity contribution in [3.63, 3.8) is 0 Å². The average Bonchev–Trinajstić information content (AvgIpc) is 2.81. The Bertz CT molecular complexity index is 483. The van der Waals surface area contributed by atoms with Gasteiger partial charge in [-0.05, 0) is 20.8 Å². The van der Waals surface area contributed by atoms with Crippen molar-refractivity contribution in [3.05, 3.63) is 16.1 Å². The first kappa shape index (κ1) is 13.0. The van der Waals surface area contributed by atoms with Crippen molar-refractivity contribution in [2.75, 3.05) is 0 Å². The van der Waals surface area contributed by atoms with E-state index in [9.17, 15) is 14.7 Å². The van der Waals surface area contributed by atoms with Crippen LogP contribution < -0.4 is 0 Å². The maximum atomic E-state index is 12.0. The van der Waals surface area contributed by atoms with Crippen LogP contribution in [0.4, 0.5) is 0 Å². The summed E-state index contributed by atoms with van der Waals surface area (Å²) in [5.41, 5.74) is 0.863. The van der Waals surface area contributed by atoms with Crippen molar-refractivity contribution in [1.29, 1.82) is 0 Å². The third-order valence-corrected chi connectivity index (χ3v) is 4.16. The van der Waals surface area contributed by atoms with Crippen molar-refractivity contribution in [2.45, 2.75) is 39.3 Å². The van der Waals surface area contributed by atoms with Crippen molar-refractivity contribution >= 4 is 23.2 Å². The smallest absolute Gasteiger partial charge is 0.309 e. The van der Waals surface area contributed by atoms with E-state index in [0.29, 0.717) is 0 Å². The van der Waals surface area contributed by atoms with Crippen molar-refractivity contribution in [1.82, 2.24) is 9.88 Å². The topological polar surface area (TPSA) is 70.5 Å². The molecule has 1 amide bonds. The standard InChI is InChI=1S/C12H16N2O3S/c1-6(2)14-9(15)4-8(12(16)17)10(14)11-13-7(3)5-18-11/h5-6,8,10H,4H2,1-3H3,(H,16,17). The van der Waals surface area contributed by atoms with Crippen LogP contribution in [0, 0.1) is 12.8 Å². The second-order valence-corrected chi connectivity index (χ2v) is 5.71. The highest BCUT2D eigenvalue weighted by atomic mass is 32.1. The Hall–Kier alpha value is -1.43. The van der Waals surface area contributed by atoms with E-state index in [2.05, 4.69) is 4.98 Å². The normalized spacial score (nSPS) is 24.0. The van der Waals surface area contributed by atoms with Gasteiger partial charge in [-0.15, -0.1) is 11.3 Å². The minimum Gasteiger partial charge on any atom is -0.481 e. The lowest BCUT2D eigenvalue weighted by atomic mass is 10.0. The van der Waals surface area contributed by atoms with E-state index in [4.69, 9.17) is 0 Å².